The first-order valence-electron chi connectivity index (χ1n) is 11.7. The molecular formula is C29H28O6. The van der Waals surface area contributed by atoms with Crippen molar-refractivity contribution in [1.82, 2.24) is 0 Å². The van der Waals surface area contributed by atoms with E-state index < -0.39 is 36.0 Å². The molecule has 1 aliphatic heterocycles. The molecular weight excluding hydrogens is 444 g/mol. The second kappa shape index (κ2) is 11.0. The Bertz CT molecular complexity index is 1160. The Morgan fingerprint density at radius 1 is 1.00 bits per heavy atom. The molecule has 0 bridgehead atoms. The molecule has 2 aromatic carbocycles. The summed E-state index contributed by atoms with van der Waals surface area (Å²) in [5, 5.41) is 0. The van der Waals surface area contributed by atoms with Gasteiger partial charge < -0.3 is 14.2 Å². The van der Waals surface area contributed by atoms with Gasteiger partial charge in [-0.3, -0.25) is 0 Å². The lowest BCUT2D eigenvalue weighted by Gasteiger charge is -2.27. The molecule has 6 heteroatoms. The van der Waals surface area contributed by atoms with Crippen molar-refractivity contribution in [3.8, 4) is 0 Å². The lowest BCUT2D eigenvalue weighted by Crippen LogP contribution is -2.33. The van der Waals surface area contributed by atoms with Gasteiger partial charge >= 0.3 is 17.9 Å². The van der Waals surface area contributed by atoms with E-state index in [1.807, 2.05) is 25.1 Å². The quantitative estimate of drug-likeness (QED) is 0.257. The zero-order chi connectivity index (χ0) is 24.8. The predicted octanol–water partition coefficient (Wildman–Crippen LogP) is 5.22. The van der Waals surface area contributed by atoms with E-state index in [0.717, 1.165) is 11.1 Å². The first-order chi connectivity index (χ1) is 16.9. The highest BCUT2D eigenvalue weighted by molar-refractivity contribution is 5.92. The SMILES string of the molecule is C=C1C(=O)O[C@@H]2/C=C(\COC(=O)c3ccccc3)CC/C=C(\C)C[C@H](OC(=O)c3ccccc3)[C@@H]12. The molecule has 2 aliphatic rings. The van der Waals surface area contributed by atoms with E-state index in [9.17, 15) is 14.4 Å². The molecule has 0 N–H and O–H groups in total. The summed E-state index contributed by atoms with van der Waals surface area (Å²) in [6.07, 6.45) is 4.41. The third kappa shape index (κ3) is 5.96. The van der Waals surface area contributed by atoms with E-state index in [0.29, 0.717) is 30.4 Å². The molecule has 1 heterocycles. The number of esters is 3. The molecule has 180 valence electrons. The normalized spacial score (nSPS) is 25.2. The van der Waals surface area contributed by atoms with Crippen LogP contribution in [0.3, 0.4) is 0 Å². The number of rotatable bonds is 5. The minimum Gasteiger partial charge on any atom is -0.458 e. The van der Waals surface area contributed by atoms with Crippen molar-refractivity contribution in [2.75, 3.05) is 6.61 Å². The van der Waals surface area contributed by atoms with Gasteiger partial charge in [0, 0.05) is 12.0 Å². The van der Waals surface area contributed by atoms with E-state index in [-0.39, 0.29) is 12.2 Å². The van der Waals surface area contributed by atoms with Crippen molar-refractivity contribution in [1.29, 1.82) is 0 Å². The van der Waals surface area contributed by atoms with Crippen LogP contribution in [0.15, 0.2) is 96.1 Å². The molecule has 4 rings (SSSR count). The molecule has 1 saturated heterocycles. The summed E-state index contributed by atoms with van der Waals surface area (Å²) in [7, 11) is 0. The molecule has 0 saturated carbocycles. The minimum atomic E-state index is -0.667. The fourth-order valence-corrected chi connectivity index (χ4v) is 4.36. The number of carbonyl (C=O) groups excluding carboxylic acids is 3. The highest BCUT2D eigenvalue weighted by Crippen LogP contribution is 2.36. The lowest BCUT2D eigenvalue weighted by molar-refractivity contribution is -0.137. The van der Waals surface area contributed by atoms with Crippen LogP contribution < -0.4 is 0 Å². The van der Waals surface area contributed by atoms with Gasteiger partial charge in [0.05, 0.1) is 17.0 Å². The van der Waals surface area contributed by atoms with Gasteiger partial charge in [0.15, 0.2) is 0 Å². The minimum absolute atomic E-state index is 0.0718. The molecule has 6 nitrogen and oxygen atoms in total. The van der Waals surface area contributed by atoms with E-state index in [1.54, 1.807) is 48.5 Å². The molecule has 0 radical (unpaired) electrons. The number of carbonyl (C=O) groups is 3. The lowest BCUT2D eigenvalue weighted by atomic mass is 9.85. The Hall–Kier alpha value is -3.93. The number of benzene rings is 2. The largest absolute Gasteiger partial charge is 0.458 e. The maximum absolute atomic E-state index is 12.9. The molecule has 1 aliphatic carbocycles. The first kappa shape index (κ1) is 24.2. The molecule has 2 aromatic rings. The van der Waals surface area contributed by atoms with Gasteiger partial charge in [0.1, 0.15) is 18.8 Å². The highest BCUT2D eigenvalue weighted by Gasteiger charge is 2.44. The van der Waals surface area contributed by atoms with Gasteiger partial charge in [-0.15, -0.1) is 0 Å². The number of hydrogen-bond donors (Lipinski definition) is 0. The van der Waals surface area contributed by atoms with Crippen LogP contribution in [0.4, 0.5) is 0 Å². The van der Waals surface area contributed by atoms with Crippen LogP contribution in [0, 0.1) is 5.92 Å². The number of fused-ring (bicyclic) bond motifs is 1. The van der Waals surface area contributed by atoms with Crippen molar-refractivity contribution in [2.45, 2.75) is 38.4 Å². The van der Waals surface area contributed by atoms with Crippen LogP contribution in [0.1, 0.15) is 46.9 Å². The van der Waals surface area contributed by atoms with Gasteiger partial charge in [0.2, 0.25) is 0 Å². The first-order valence-corrected chi connectivity index (χ1v) is 11.7. The summed E-state index contributed by atoms with van der Waals surface area (Å²) in [5.74, 6) is -1.95. The molecule has 1 fully saturated rings. The molecule has 0 aromatic heterocycles. The number of allylic oxidation sites excluding steroid dienone is 1. The van der Waals surface area contributed by atoms with Crippen LogP contribution in [0.5, 0.6) is 0 Å². The van der Waals surface area contributed by atoms with Crippen LogP contribution in [0.25, 0.3) is 0 Å². The van der Waals surface area contributed by atoms with Gasteiger partial charge in [0.25, 0.3) is 0 Å². The number of ether oxygens (including phenoxy) is 3. The topological polar surface area (TPSA) is 78.9 Å². The molecule has 0 amide bonds. The van der Waals surface area contributed by atoms with Gasteiger partial charge in [-0.2, -0.15) is 0 Å². The average Bonchev–Trinajstić information content (AvgIpc) is 3.15. The van der Waals surface area contributed by atoms with Crippen LogP contribution in [-0.2, 0) is 19.0 Å². The predicted molar refractivity (Wildman–Crippen MR) is 131 cm³/mol. The fraction of sp³-hybridized carbons (Fsp3) is 0.276. The molecule has 0 spiro atoms. The Balaban J connectivity index is 1.57. The molecule has 0 unspecified atom stereocenters. The van der Waals surface area contributed by atoms with Crippen LogP contribution in [-0.4, -0.2) is 36.7 Å². The third-order valence-corrected chi connectivity index (χ3v) is 6.21. The fourth-order valence-electron chi connectivity index (χ4n) is 4.36. The van der Waals surface area contributed by atoms with Crippen molar-refractivity contribution >= 4 is 17.9 Å². The standard InChI is InChI=1S/C29H28O6/c1-19-10-9-11-21(18-33-28(31)22-12-5-3-6-13-22)17-25-26(20(2)27(30)34-25)24(16-19)35-29(32)23-14-7-4-8-15-23/h3-8,10,12-15,17,24-26H,2,9,11,16,18H2,1H3/b19-10+,21-17-/t24-,25+,26+/m0/s1. The Morgan fingerprint density at radius 3 is 2.29 bits per heavy atom. The van der Waals surface area contributed by atoms with Gasteiger partial charge in [-0.25, -0.2) is 14.4 Å². The van der Waals surface area contributed by atoms with Crippen LogP contribution >= 0.6 is 0 Å². The Kier molecular flexibility index (Phi) is 7.60. The van der Waals surface area contributed by atoms with Crippen molar-refractivity contribution in [3.05, 3.63) is 107 Å². The smallest absolute Gasteiger partial charge is 0.338 e. The maximum Gasteiger partial charge on any atom is 0.338 e. The zero-order valence-corrected chi connectivity index (χ0v) is 19.6. The summed E-state index contributed by atoms with van der Waals surface area (Å²) in [6, 6.07) is 17.5. The summed E-state index contributed by atoms with van der Waals surface area (Å²) in [4.78, 5) is 37.8. The van der Waals surface area contributed by atoms with E-state index in [4.69, 9.17) is 14.2 Å². The second-order valence-electron chi connectivity index (χ2n) is 8.79. The molecule has 3 atom stereocenters. The maximum atomic E-state index is 12.9. The Labute approximate surface area is 204 Å². The Morgan fingerprint density at radius 2 is 1.63 bits per heavy atom. The summed E-state index contributed by atoms with van der Waals surface area (Å²) in [5.41, 5.74) is 3.03. The highest BCUT2D eigenvalue weighted by atomic mass is 16.6. The monoisotopic (exact) mass is 472 g/mol. The zero-order valence-electron chi connectivity index (χ0n) is 19.6. The van der Waals surface area contributed by atoms with E-state index >= 15 is 0 Å². The molecule has 35 heavy (non-hydrogen) atoms. The van der Waals surface area contributed by atoms with Crippen molar-refractivity contribution < 1.29 is 28.6 Å². The van der Waals surface area contributed by atoms with E-state index in [1.165, 1.54) is 0 Å². The van der Waals surface area contributed by atoms with E-state index in [2.05, 4.69) is 12.7 Å². The summed E-state index contributed by atoms with van der Waals surface area (Å²) >= 11 is 0. The van der Waals surface area contributed by atoms with Gasteiger partial charge in [-0.05, 0) is 55.7 Å². The second-order valence-corrected chi connectivity index (χ2v) is 8.79. The van der Waals surface area contributed by atoms with Gasteiger partial charge in [-0.1, -0.05) is 54.6 Å². The van der Waals surface area contributed by atoms with Crippen molar-refractivity contribution in [2.24, 2.45) is 5.92 Å². The third-order valence-electron chi connectivity index (χ3n) is 6.21. The summed E-state index contributed by atoms with van der Waals surface area (Å²) < 4.78 is 17.1. The summed E-state index contributed by atoms with van der Waals surface area (Å²) in [6.45, 7) is 5.98. The van der Waals surface area contributed by atoms with Crippen molar-refractivity contribution in [3.63, 3.8) is 0 Å². The average molecular weight is 473 g/mol. The number of hydrogen-bond acceptors (Lipinski definition) is 6. The van der Waals surface area contributed by atoms with Crippen LogP contribution in [0.2, 0.25) is 0 Å².